The molecule has 0 aliphatic rings. The Kier molecular flexibility index (Phi) is 7.44. The molecule has 0 spiro atoms. The third-order valence-electron chi connectivity index (χ3n) is 2.17. The van der Waals surface area contributed by atoms with Crippen LogP contribution in [0.15, 0.2) is 0 Å². The Bertz CT molecular complexity index is 243. The maximum absolute atomic E-state index is 11.4. The summed E-state index contributed by atoms with van der Waals surface area (Å²) in [6.07, 6.45) is -0.210. The summed E-state index contributed by atoms with van der Waals surface area (Å²) >= 11 is 0. The molecule has 0 aliphatic carbocycles. The second kappa shape index (κ2) is 7.99. The summed E-state index contributed by atoms with van der Waals surface area (Å²) in [6, 6.07) is 0. The van der Waals surface area contributed by atoms with Gasteiger partial charge in [-0.05, 0) is 6.92 Å². The molecule has 0 aliphatic heterocycles. The molecular formula is C10H19NO6. The number of nitrogens with one attached hydrogen (secondary N) is 1. The standard InChI is InChI=1S/C10H19NO6/c1-2-17-9(16)4-3-8(15)11-10(5-12,6-13)7-14/h12-14H,2-7H2,1H3,(H,11,15). The van der Waals surface area contributed by atoms with Crippen LogP contribution in [-0.4, -0.2) is 59.2 Å². The lowest BCUT2D eigenvalue weighted by atomic mass is 10.0. The fourth-order valence-electron chi connectivity index (χ4n) is 1.08. The van der Waals surface area contributed by atoms with Gasteiger partial charge in [0, 0.05) is 6.42 Å². The van der Waals surface area contributed by atoms with Gasteiger partial charge < -0.3 is 25.4 Å². The van der Waals surface area contributed by atoms with Crippen LogP contribution in [0.2, 0.25) is 0 Å². The smallest absolute Gasteiger partial charge is 0.306 e. The highest BCUT2D eigenvalue weighted by atomic mass is 16.5. The molecule has 0 unspecified atom stereocenters. The molecule has 0 saturated heterocycles. The number of carbonyl (C=O) groups is 2. The van der Waals surface area contributed by atoms with Gasteiger partial charge in [0.15, 0.2) is 0 Å². The summed E-state index contributed by atoms with van der Waals surface area (Å²) < 4.78 is 4.63. The first kappa shape index (κ1) is 15.8. The van der Waals surface area contributed by atoms with Gasteiger partial charge in [-0.25, -0.2) is 0 Å². The number of esters is 1. The largest absolute Gasteiger partial charge is 0.466 e. The van der Waals surface area contributed by atoms with Crippen molar-refractivity contribution in [2.75, 3.05) is 26.4 Å². The molecular weight excluding hydrogens is 230 g/mol. The predicted octanol–water partition coefficient (Wildman–Crippen LogP) is -1.84. The first-order valence-corrected chi connectivity index (χ1v) is 5.32. The van der Waals surface area contributed by atoms with Crippen LogP contribution in [0.4, 0.5) is 0 Å². The zero-order valence-electron chi connectivity index (χ0n) is 9.81. The normalized spacial score (nSPS) is 11.1. The van der Waals surface area contributed by atoms with E-state index in [2.05, 4.69) is 10.1 Å². The van der Waals surface area contributed by atoms with Gasteiger partial charge in [0.1, 0.15) is 5.54 Å². The molecule has 0 bridgehead atoms. The van der Waals surface area contributed by atoms with Gasteiger partial charge in [0.2, 0.25) is 5.91 Å². The average molecular weight is 249 g/mol. The van der Waals surface area contributed by atoms with Crippen LogP contribution in [0.1, 0.15) is 19.8 Å². The fourth-order valence-corrected chi connectivity index (χ4v) is 1.08. The third kappa shape index (κ3) is 5.62. The SMILES string of the molecule is CCOC(=O)CCC(=O)NC(CO)(CO)CO. The molecule has 0 fully saturated rings. The van der Waals surface area contributed by atoms with Crippen molar-refractivity contribution in [3.8, 4) is 0 Å². The second-order valence-electron chi connectivity index (χ2n) is 3.61. The average Bonchev–Trinajstić information content (AvgIpc) is 2.34. The molecule has 4 N–H and O–H groups in total. The van der Waals surface area contributed by atoms with E-state index in [1.165, 1.54) is 0 Å². The van der Waals surface area contributed by atoms with Gasteiger partial charge in [0.25, 0.3) is 0 Å². The second-order valence-corrected chi connectivity index (χ2v) is 3.61. The van der Waals surface area contributed by atoms with E-state index in [1.54, 1.807) is 6.92 Å². The van der Waals surface area contributed by atoms with Crippen molar-refractivity contribution in [1.82, 2.24) is 5.32 Å². The van der Waals surface area contributed by atoms with Crippen molar-refractivity contribution in [3.05, 3.63) is 0 Å². The van der Waals surface area contributed by atoms with E-state index < -0.39 is 37.2 Å². The Hall–Kier alpha value is -1.18. The van der Waals surface area contributed by atoms with Gasteiger partial charge in [-0.2, -0.15) is 0 Å². The lowest BCUT2D eigenvalue weighted by Gasteiger charge is -2.28. The summed E-state index contributed by atoms with van der Waals surface area (Å²) in [7, 11) is 0. The molecule has 0 saturated carbocycles. The van der Waals surface area contributed by atoms with Crippen molar-refractivity contribution in [1.29, 1.82) is 0 Å². The van der Waals surface area contributed by atoms with E-state index in [4.69, 9.17) is 15.3 Å². The highest BCUT2D eigenvalue weighted by Gasteiger charge is 2.29. The highest BCUT2D eigenvalue weighted by molar-refractivity contribution is 5.81. The van der Waals surface area contributed by atoms with Crippen LogP contribution in [0.3, 0.4) is 0 Å². The zero-order chi connectivity index (χ0) is 13.3. The van der Waals surface area contributed by atoms with E-state index in [0.717, 1.165) is 0 Å². The lowest BCUT2D eigenvalue weighted by Crippen LogP contribution is -2.57. The molecule has 1 amide bonds. The van der Waals surface area contributed by atoms with Gasteiger partial charge in [0.05, 0.1) is 32.8 Å². The van der Waals surface area contributed by atoms with Gasteiger partial charge >= 0.3 is 5.97 Å². The molecule has 7 heteroatoms. The summed E-state index contributed by atoms with van der Waals surface area (Å²) in [5.74, 6) is -1.04. The molecule has 0 aromatic carbocycles. The molecule has 0 heterocycles. The maximum Gasteiger partial charge on any atom is 0.306 e. The van der Waals surface area contributed by atoms with Crippen molar-refractivity contribution >= 4 is 11.9 Å². The van der Waals surface area contributed by atoms with E-state index in [0.29, 0.717) is 0 Å². The molecule has 17 heavy (non-hydrogen) atoms. The van der Waals surface area contributed by atoms with Crippen LogP contribution in [0.5, 0.6) is 0 Å². The van der Waals surface area contributed by atoms with Crippen molar-refractivity contribution in [2.24, 2.45) is 0 Å². The fraction of sp³-hybridized carbons (Fsp3) is 0.800. The van der Waals surface area contributed by atoms with E-state index >= 15 is 0 Å². The molecule has 0 aromatic rings. The Morgan fingerprint density at radius 1 is 1.12 bits per heavy atom. The minimum atomic E-state index is -1.45. The number of amides is 1. The quantitative estimate of drug-likeness (QED) is 0.376. The topological polar surface area (TPSA) is 116 Å². The Morgan fingerprint density at radius 2 is 1.65 bits per heavy atom. The number of hydrogen-bond donors (Lipinski definition) is 4. The molecule has 0 atom stereocenters. The van der Waals surface area contributed by atoms with E-state index in [-0.39, 0.29) is 19.4 Å². The van der Waals surface area contributed by atoms with Crippen molar-refractivity contribution < 1.29 is 29.6 Å². The van der Waals surface area contributed by atoms with E-state index in [1.807, 2.05) is 0 Å². The van der Waals surface area contributed by atoms with Crippen molar-refractivity contribution in [3.63, 3.8) is 0 Å². The summed E-state index contributed by atoms with van der Waals surface area (Å²) in [5.41, 5.74) is -1.45. The first-order chi connectivity index (χ1) is 8.03. The number of carbonyl (C=O) groups excluding carboxylic acids is 2. The third-order valence-corrected chi connectivity index (χ3v) is 2.17. The minimum Gasteiger partial charge on any atom is -0.466 e. The van der Waals surface area contributed by atoms with Crippen LogP contribution < -0.4 is 5.32 Å². The number of ether oxygens (including phenoxy) is 1. The number of aliphatic hydroxyl groups is 3. The van der Waals surface area contributed by atoms with Crippen LogP contribution in [0.25, 0.3) is 0 Å². The highest BCUT2D eigenvalue weighted by Crippen LogP contribution is 2.03. The number of hydrogen-bond acceptors (Lipinski definition) is 6. The van der Waals surface area contributed by atoms with Gasteiger partial charge in [-0.15, -0.1) is 0 Å². The zero-order valence-corrected chi connectivity index (χ0v) is 9.81. The Balaban J connectivity index is 4.11. The van der Waals surface area contributed by atoms with Crippen LogP contribution in [0, 0.1) is 0 Å². The van der Waals surface area contributed by atoms with Crippen LogP contribution in [-0.2, 0) is 14.3 Å². The van der Waals surface area contributed by atoms with Gasteiger partial charge in [-0.3, -0.25) is 9.59 Å². The minimum absolute atomic E-state index is 0.0853. The Labute approximate surface area is 99.4 Å². The summed E-state index contributed by atoms with van der Waals surface area (Å²) in [5, 5.41) is 29.2. The molecule has 0 radical (unpaired) electrons. The molecule has 0 rings (SSSR count). The first-order valence-electron chi connectivity index (χ1n) is 5.32. The maximum atomic E-state index is 11.4. The summed E-state index contributed by atoms with van der Waals surface area (Å²) in [6.45, 7) is 0.127. The van der Waals surface area contributed by atoms with E-state index in [9.17, 15) is 9.59 Å². The molecule has 0 aromatic heterocycles. The Morgan fingerprint density at radius 3 is 2.06 bits per heavy atom. The molecule has 100 valence electrons. The predicted molar refractivity (Wildman–Crippen MR) is 58.0 cm³/mol. The number of aliphatic hydroxyl groups excluding tert-OH is 3. The lowest BCUT2D eigenvalue weighted by molar-refractivity contribution is -0.144. The van der Waals surface area contributed by atoms with Crippen LogP contribution >= 0.6 is 0 Å². The van der Waals surface area contributed by atoms with Gasteiger partial charge in [-0.1, -0.05) is 0 Å². The number of rotatable bonds is 8. The molecule has 7 nitrogen and oxygen atoms in total. The summed E-state index contributed by atoms with van der Waals surface area (Å²) in [4.78, 5) is 22.4. The monoisotopic (exact) mass is 249 g/mol. The van der Waals surface area contributed by atoms with Crippen molar-refractivity contribution in [2.45, 2.75) is 25.3 Å².